The standard InChI is InChI=1S/C42H39Cl2N3O12P2S/c1-24(62)23-57-42(50)45-33-16-25(11-14-38(48)46-21-27(19-43)40-31-8-4-2-6-29(31)36(17-34(40)46)58-60(51,52)53)10-12-26(33)13-15-39(49)47-22-28(20-44)41-32-9-5-3-7-30(32)37(18-35(41)47)59-61(54,55)56/h2-18,24,27-28,62H,19-23H2,1H3,(H,45,50)(H2,51,52,53)(H2,54,55,56)/b14-11+,15-13+/t24?,27-,28-/m1/s1. The van der Waals surface area contributed by atoms with E-state index in [0.717, 1.165) is 11.1 Å². The van der Waals surface area contributed by atoms with Gasteiger partial charge in [0.25, 0.3) is 11.8 Å². The van der Waals surface area contributed by atoms with E-state index in [0.29, 0.717) is 44.0 Å². The molecule has 2 aliphatic heterocycles. The van der Waals surface area contributed by atoms with Crippen LogP contribution in [0.2, 0.25) is 0 Å². The number of carbonyl (C=O) groups is 3. The number of thiol groups is 1. The highest BCUT2D eigenvalue weighted by atomic mass is 35.5. The third kappa shape index (κ3) is 10.00. The molecule has 0 spiro atoms. The molecule has 0 fully saturated rings. The highest BCUT2D eigenvalue weighted by Gasteiger charge is 2.36. The number of ether oxygens (including phenoxy) is 1. The van der Waals surface area contributed by atoms with Gasteiger partial charge in [-0.15, -0.1) is 23.2 Å². The van der Waals surface area contributed by atoms with Gasteiger partial charge in [0.15, 0.2) is 0 Å². The zero-order valence-electron chi connectivity index (χ0n) is 32.6. The first-order valence-electron chi connectivity index (χ1n) is 18.9. The van der Waals surface area contributed by atoms with Gasteiger partial charge in [-0.3, -0.25) is 34.5 Å². The molecule has 7 rings (SSSR count). The van der Waals surface area contributed by atoms with E-state index < -0.39 is 33.6 Å². The first-order valence-corrected chi connectivity index (χ1v) is 23.6. The number of nitrogens with one attached hydrogen (secondary N) is 1. The van der Waals surface area contributed by atoms with Crippen LogP contribution in [-0.2, 0) is 23.5 Å². The van der Waals surface area contributed by atoms with Crippen LogP contribution in [0.4, 0.5) is 21.9 Å². The van der Waals surface area contributed by atoms with E-state index in [-0.39, 0.29) is 65.7 Å². The van der Waals surface area contributed by atoms with E-state index in [1.807, 2.05) is 0 Å². The quantitative estimate of drug-likeness (QED) is 0.0284. The first-order chi connectivity index (χ1) is 29.4. The Morgan fingerprint density at radius 2 is 1.23 bits per heavy atom. The van der Waals surface area contributed by atoms with Crippen LogP contribution in [0.25, 0.3) is 33.7 Å². The molecular weight excluding hydrogens is 903 g/mol. The molecule has 0 saturated heterocycles. The Morgan fingerprint density at radius 1 is 0.758 bits per heavy atom. The largest absolute Gasteiger partial charge is 0.524 e. The summed E-state index contributed by atoms with van der Waals surface area (Å²) in [6.45, 7) is 2.11. The summed E-state index contributed by atoms with van der Waals surface area (Å²) in [5, 5.41) is 4.59. The Kier molecular flexibility index (Phi) is 13.5. The summed E-state index contributed by atoms with van der Waals surface area (Å²) >= 11 is 17.0. The van der Waals surface area contributed by atoms with Gasteiger partial charge in [0.1, 0.15) is 18.1 Å². The van der Waals surface area contributed by atoms with Gasteiger partial charge >= 0.3 is 21.7 Å². The first kappa shape index (κ1) is 45.2. The Labute approximate surface area is 370 Å². The second kappa shape index (κ2) is 18.5. The van der Waals surface area contributed by atoms with Crippen molar-refractivity contribution in [3.8, 4) is 11.5 Å². The maximum Gasteiger partial charge on any atom is 0.524 e. The molecule has 2 aliphatic rings. The number of phosphoric ester groups is 2. The fraction of sp³-hybridized carbons (Fsp3) is 0.214. The number of benzene rings is 5. The summed E-state index contributed by atoms with van der Waals surface area (Å²) in [4.78, 5) is 82.1. The van der Waals surface area contributed by atoms with Gasteiger partial charge < -0.3 is 23.6 Å². The van der Waals surface area contributed by atoms with E-state index in [1.165, 1.54) is 46.2 Å². The lowest BCUT2D eigenvalue weighted by molar-refractivity contribution is -0.114. The Balaban J connectivity index is 1.19. The van der Waals surface area contributed by atoms with Crippen molar-refractivity contribution in [3.05, 3.63) is 113 Å². The number of alkyl halides is 2. The molecule has 0 radical (unpaired) electrons. The minimum absolute atomic E-state index is 0.00200. The third-order valence-electron chi connectivity index (χ3n) is 10.2. The van der Waals surface area contributed by atoms with Crippen LogP contribution >= 0.6 is 51.5 Å². The van der Waals surface area contributed by atoms with Crippen molar-refractivity contribution < 1.29 is 56.9 Å². The van der Waals surface area contributed by atoms with Crippen LogP contribution in [0.5, 0.6) is 11.5 Å². The fourth-order valence-corrected chi connectivity index (χ4v) is 9.08. The number of anilines is 3. The van der Waals surface area contributed by atoms with Gasteiger partial charge in [-0.2, -0.15) is 12.6 Å². The Hall–Kier alpha value is -4.86. The van der Waals surface area contributed by atoms with E-state index in [1.54, 1.807) is 73.7 Å². The second-order valence-corrected chi connectivity index (χ2v) is 18.4. The van der Waals surface area contributed by atoms with Crippen LogP contribution in [0.3, 0.4) is 0 Å². The van der Waals surface area contributed by atoms with Crippen LogP contribution in [0, 0.1) is 0 Å². The van der Waals surface area contributed by atoms with Gasteiger partial charge in [-0.1, -0.05) is 67.6 Å². The SMILES string of the molecule is CC(S)COC(=O)Nc1cc(/C=C/C(=O)N2C[C@@H](CCl)c3c2cc(OP(=O)(O)O)c2ccccc32)ccc1/C=C/C(=O)N1C[C@@H](CCl)c2c1cc(OP(=O)(O)O)c1ccccc21. The average molecular weight is 943 g/mol. The number of rotatable bonds is 13. The van der Waals surface area contributed by atoms with Gasteiger partial charge in [-0.05, 0) is 51.2 Å². The molecule has 20 heteroatoms. The number of phosphoric acid groups is 2. The summed E-state index contributed by atoms with van der Waals surface area (Å²) in [5.74, 6) is -1.44. The Morgan fingerprint density at radius 3 is 1.68 bits per heavy atom. The topological polar surface area (TPSA) is 212 Å². The molecule has 3 atom stereocenters. The van der Waals surface area contributed by atoms with Crippen molar-refractivity contribution in [1.82, 2.24) is 0 Å². The van der Waals surface area contributed by atoms with Crippen LogP contribution in [0.1, 0.15) is 41.0 Å². The minimum Gasteiger partial charge on any atom is -0.448 e. The monoisotopic (exact) mass is 941 g/mol. The summed E-state index contributed by atoms with van der Waals surface area (Å²) in [6, 6.07) is 21.5. The van der Waals surface area contributed by atoms with Gasteiger partial charge in [0, 0.05) is 77.0 Å². The predicted molar refractivity (Wildman–Crippen MR) is 243 cm³/mol. The number of halogens is 2. The number of hydrogen-bond donors (Lipinski definition) is 6. The van der Waals surface area contributed by atoms with E-state index in [2.05, 4.69) is 17.9 Å². The van der Waals surface area contributed by atoms with Crippen LogP contribution in [0.15, 0.2) is 91.0 Å². The zero-order chi connectivity index (χ0) is 44.5. The summed E-state index contributed by atoms with van der Waals surface area (Å²) in [6.07, 6.45) is 4.79. The molecule has 0 aromatic heterocycles. The predicted octanol–water partition coefficient (Wildman–Crippen LogP) is 8.57. The smallest absolute Gasteiger partial charge is 0.448 e. The van der Waals surface area contributed by atoms with Crippen LogP contribution < -0.4 is 24.2 Å². The normalized spacial score (nSPS) is 16.8. The lowest BCUT2D eigenvalue weighted by atomic mass is 9.95. The van der Waals surface area contributed by atoms with Crippen molar-refractivity contribution in [3.63, 3.8) is 0 Å². The average Bonchev–Trinajstić information content (AvgIpc) is 3.79. The van der Waals surface area contributed by atoms with E-state index in [9.17, 15) is 43.1 Å². The maximum atomic E-state index is 13.9. The molecule has 0 saturated carbocycles. The lowest BCUT2D eigenvalue weighted by Crippen LogP contribution is -2.28. The van der Waals surface area contributed by atoms with E-state index >= 15 is 0 Å². The molecule has 62 heavy (non-hydrogen) atoms. The number of carbonyl (C=O) groups excluding carboxylic acids is 3. The maximum absolute atomic E-state index is 13.9. The van der Waals surface area contributed by atoms with Crippen molar-refractivity contribution >= 4 is 120 Å². The Bertz CT molecular complexity index is 2760. The highest BCUT2D eigenvalue weighted by Crippen LogP contribution is 2.51. The zero-order valence-corrected chi connectivity index (χ0v) is 36.8. The van der Waals surface area contributed by atoms with Gasteiger partial charge in [0.05, 0.1) is 17.1 Å². The van der Waals surface area contributed by atoms with Gasteiger partial charge in [0.2, 0.25) is 0 Å². The second-order valence-electron chi connectivity index (χ2n) is 14.6. The fourth-order valence-electron chi connectivity index (χ4n) is 7.68. The van der Waals surface area contributed by atoms with Crippen molar-refractivity contribution in [2.24, 2.45) is 0 Å². The highest BCUT2D eigenvalue weighted by molar-refractivity contribution is 7.80. The summed E-state index contributed by atoms with van der Waals surface area (Å²) < 4.78 is 39.2. The lowest BCUT2D eigenvalue weighted by Gasteiger charge is -2.18. The third-order valence-corrected chi connectivity index (χ3v) is 12.0. The molecule has 324 valence electrons. The number of amides is 3. The molecule has 2 heterocycles. The van der Waals surface area contributed by atoms with Crippen molar-refractivity contribution in [1.29, 1.82) is 0 Å². The molecule has 5 aromatic rings. The molecule has 15 nitrogen and oxygen atoms in total. The molecule has 5 aromatic carbocycles. The molecular formula is C42H39Cl2N3O12P2S. The van der Waals surface area contributed by atoms with E-state index in [4.69, 9.17) is 37.0 Å². The molecule has 3 amide bonds. The number of fused-ring (bicyclic) bond motifs is 6. The van der Waals surface area contributed by atoms with Crippen LogP contribution in [-0.4, -0.2) is 74.2 Å². The molecule has 1 unspecified atom stereocenters. The van der Waals surface area contributed by atoms with Crippen molar-refractivity contribution in [2.75, 3.05) is 46.6 Å². The van der Waals surface area contributed by atoms with Gasteiger partial charge in [-0.25, -0.2) is 13.9 Å². The number of nitrogens with zero attached hydrogens (tertiary/aromatic N) is 2. The molecule has 0 bridgehead atoms. The summed E-state index contributed by atoms with van der Waals surface area (Å²) in [7, 11) is -9.93. The van der Waals surface area contributed by atoms with Crippen molar-refractivity contribution in [2.45, 2.75) is 24.0 Å². The summed E-state index contributed by atoms with van der Waals surface area (Å²) in [5.41, 5.74) is 3.31. The number of hydrogen-bond acceptors (Lipinski definition) is 9. The minimum atomic E-state index is -4.97. The molecule has 5 N–H and O–H groups in total. The molecule has 0 aliphatic carbocycles.